The maximum atomic E-state index is 12.2. The fraction of sp³-hybridized carbons (Fsp3) is 0.211. The van der Waals surface area contributed by atoms with Crippen molar-refractivity contribution in [2.45, 2.75) is 19.8 Å². The molecular weight excluding hydrogens is 360 g/mol. The standard InChI is InChI=1S/C19H18N6O3/c1-10(2)16-20-17(23-22-16)11-5-4-6-12(7-11)25-8-13-15(21-24-18(13)26)14(9-25)19(27)28-3/h4-10H,1-3H3,(H,24,26)(H,20,22,23). The van der Waals surface area contributed by atoms with E-state index in [4.69, 9.17) is 4.74 Å². The summed E-state index contributed by atoms with van der Waals surface area (Å²) in [6.07, 6.45) is 3.22. The molecule has 2 N–H and O–H groups in total. The first-order chi connectivity index (χ1) is 13.5. The van der Waals surface area contributed by atoms with Crippen LogP contribution in [0.25, 0.3) is 28.3 Å². The summed E-state index contributed by atoms with van der Waals surface area (Å²) in [5.41, 5.74) is 1.95. The first-order valence-electron chi connectivity index (χ1n) is 8.69. The third kappa shape index (κ3) is 2.96. The van der Waals surface area contributed by atoms with Crippen molar-refractivity contribution in [3.8, 4) is 28.3 Å². The summed E-state index contributed by atoms with van der Waals surface area (Å²) in [6.45, 7) is 4.07. The van der Waals surface area contributed by atoms with Gasteiger partial charge >= 0.3 is 5.97 Å². The van der Waals surface area contributed by atoms with Gasteiger partial charge in [0.25, 0.3) is 5.56 Å². The summed E-state index contributed by atoms with van der Waals surface area (Å²) in [5.74, 6) is 1.04. The number of hydrogen-bond donors (Lipinski definition) is 2. The van der Waals surface area contributed by atoms with E-state index in [1.54, 1.807) is 17.0 Å². The number of benzene rings is 1. The summed E-state index contributed by atoms with van der Waals surface area (Å²) >= 11 is 0. The molecule has 0 atom stereocenters. The van der Waals surface area contributed by atoms with Gasteiger partial charge in [0.05, 0.1) is 12.7 Å². The van der Waals surface area contributed by atoms with Crippen LogP contribution >= 0.6 is 0 Å². The van der Waals surface area contributed by atoms with Crippen LogP contribution in [-0.2, 0) is 4.74 Å². The largest absolute Gasteiger partial charge is 0.465 e. The van der Waals surface area contributed by atoms with Gasteiger partial charge in [-0.15, -0.1) is 0 Å². The summed E-state index contributed by atoms with van der Waals surface area (Å²) in [5, 5.41) is 13.5. The van der Waals surface area contributed by atoms with E-state index in [9.17, 15) is 9.59 Å². The molecule has 2 aliphatic rings. The minimum Gasteiger partial charge on any atom is -0.465 e. The van der Waals surface area contributed by atoms with Crippen LogP contribution in [0.3, 0.4) is 0 Å². The molecule has 4 rings (SSSR count). The lowest BCUT2D eigenvalue weighted by molar-refractivity contribution is 0.0600. The summed E-state index contributed by atoms with van der Waals surface area (Å²) in [6, 6.07) is 7.49. The van der Waals surface area contributed by atoms with Crippen molar-refractivity contribution in [2.75, 3.05) is 7.11 Å². The molecule has 9 nitrogen and oxygen atoms in total. The van der Waals surface area contributed by atoms with Crippen LogP contribution in [0.2, 0.25) is 0 Å². The van der Waals surface area contributed by atoms with E-state index in [0.717, 1.165) is 17.1 Å². The smallest absolute Gasteiger partial charge is 0.341 e. The number of nitrogens with zero attached hydrogens (tertiary/aromatic N) is 4. The fourth-order valence-electron chi connectivity index (χ4n) is 2.91. The highest BCUT2D eigenvalue weighted by atomic mass is 16.5. The second kappa shape index (κ2) is 6.76. The highest BCUT2D eigenvalue weighted by Gasteiger charge is 2.22. The van der Waals surface area contributed by atoms with Crippen molar-refractivity contribution < 1.29 is 9.53 Å². The predicted molar refractivity (Wildman–Crippen MR) is 102 cm³/mol. The van der Waals surface area contributed by atoms with Crippen LogP contribution in [0.15, 0.2) is 41.5 Å². The minimum absolute atomic E-state index is 0.198. The van der Waals surface area contributed by atoms with Gasteiger partial charge in [-0.2, -0.15) is 10.2 Å². The first-order valence-corrected chi connectivity index (χ1v) is 8.69. The Hall–Kier alpha value is -3.75. The van der Waals surface area contributed by atoms with Gasteiger partial charge in [-0.25, -0.2) is 14.9 Å². The van der Waals surface area contributed by atoms with Gasteiger partial charge in [-0.1, -0.05) is 26.0 Å². The Kier molecular flexibility index (Phi) is 4.26. The van der Waals surface area contributed by atoms with Crippen molar-refractivity contribution in [3.05, 3.63) is 58.4 Å². The van der Waals surface area contributed by atoms with Crippen LogP contribution < -0.4 is 5.56 Å². The summed E-state index contributed by atoms with van der Waals surface area (Å²) < 4.78 is 6.52. The van der Waals surface area contributed by atoms with E-state index in [0.29, 0.717) is 11.4 Å². The van der Waals surface area contributed by atoms with E-state index in [2.05, 4.69) is 25.4 Å². The van der Waals surface area contributed by atoms with E-state index in [1.807, 2.05) is 38.1 Å². The number of nitrogens with one attached hydrogen (secondary N) is 2. The summed E-state index contributed by atoms with van der Waals surface area (Å²) in [7, 11) is 1.28. The van der Waals surface area contributed by atoms with Gasteiger partial charge in [0.1, 0.15) is 17.1 Å². The maximum absolute atomic E-state index is 12.2. The number of fused-ring (bicyclic) bond motifs is 1. The Labute approximate surface area is 159 Å². The van der Waals surface area contributed by atoms with Crippen molar-refractivity contribution in [1.29, 1.82) is 0 Å². The molecule has 2 aromatic rings. The van der Waals surface area contributed by atoms with Gasteiger partial charge in [0, 0.05) is 29.6 Å². The minimum atomic E-state index is -0.572. The Morgan fingerprint density at radius 2 is 2.00 bits per heavy atom. The molecule has 0 unspecified atom stereocenters. The maximum Gasteiger partial charge on any atom is 0.341 e. The number of pyridine rings is 1. The summed E-state index contributed by atoms with van der Waals surface area (Å²) in [4.78, 5) is 28.7. The average molecular weight is 378 g/mol. The third-order valence-corrected chi connectivity index (χ3v) is 4.42. The molecule has 142 valence electrons. The molecule has 0 saturated carbocycles. The van der Waals surface area contributed by atoms with Crippen LogP contribution in [-0.4, -0.2) is 43.0 Å². The Morgan fingerprint density at radius 3 is 2.71 bits per heavy atom. The quantitative estimate of drug-likeness (QED) is 0.526. The van der Waals surface area contributed by atoms with E-state index < -0.39 is 5.97 Å². The number of hydrogen-bond acceptors (Lipinski definition) is 6. The van der Waals surface area contributed by atoms with Crippen molar-refractivity contribution >= 4 is 5.97 Å². The number of rotatable bonds is 4. The van der Waals surface area contributed by atoms with Crippen molar-refractivity contribution in [1.82, 2.24) is 29.9 Å². The Bertz CT molecular complexity index is 1190. The molecule has 0 aliphatic carbocycles. The molecule has 0 bridgehead atoms. The molecule has 0 spiro atoms. The predicted octanol–water partition coefficient (Wildman–Crippen LogP) is 2.36. The van der Waals surface area contributed by atoms with E-state index >= 15 is 0 Å². The lowest BCUT2D eigenvalue weighted by Gasteiger charge is -2.12. The molecular formula is C19H18N6O3. The zero-order valence-electron chi connectivity index (χ0n) is 15.6. The van der Waals surface area contributed by atoms with Crippen LogP contribution in [0.5, 0.6) is 0 Å². The van der Waals surface area contributed by atoms with Gasteiger partial charge in [-0.05, 0) is 12.1 Å². The normalized spacial score (nSPS) is 11.3. The highest BCUT2D eigenvalue weighted by Crippen LogP contribution is 2.25. The molecule has 0 saturated heterocycles. The number of carbonyl (C=O) groups excluding carboxylic acids is 1. The van der Waals surface area contributed by atoms with Crippen LogP contribution in [0.4, 0.5) is 0 Å². The number of H-pyrrole nitrogens is 2. The molecule has 2 aliphatic heterocycles. The number of carbonyl (C=O) groups is 1. The zero-order valence-corrected chi connectivity index (χ0v) is 15.6. The average Bonchev–Trinajstić information content (AvgIpc) is 3.34. The monoisotopic (exact) mass is 378 g/mol. The zero-order chi connectivity index (χ0) is 19.8. The van der Waals surface area contributed by atoms with Crippen LogP contribution in [0.1, 0.15) is 35.9 Å². The van der Waals surface area contributed by atoms with E-state index in [-0.39, 0.29) is 22.7 Å². The number of aromatic amines is 2. The highest BCUT2D eigenvalue weighted by molar-refractivity contribution is 5.96. The Morgan fingerprint density at radius 1 is 1.18 bits per heavy atom. The van der Waals surface area contributed by atoms with Crippen LogP contribution in [0, 0.1) is 0 Å². The van der Waals surface area contributed by atoms with Gasteiger partial charge in [0.2, 0.25) is 0 Å². The number of ether oxygens (including phenoxy) is 1. The number of methoxy groups -OCH3 is 1. The molecule has 28 heavy (non-hydrogen) atoms. The number of aromatic nitrogens is 6. The lowest BCUT2D eigenvalue weighted by atomic mass is 10.1. The molecule has 1 aromatic heterocycles. The molecule has 9 heteroatoms. The third-order valence-electron chi connectivity index (χ3n) is 4.42. The Balaban J connectivity index is 1.84. The van der Waals surface area contributed by atoms with Gasteiger partial charge in [0.15, 0.2) is 5.82 Å². The molecule has 0 radical (unpaired) electrons. The second-order valence-corrected chi connectivity index (χ2v) is 6.64. The second-order valence-electron chi connectivity index (χ2n) is 6.64. The molecule has 3 heterocycles. The molecule has 1 aromatic carbocycles. The molecule has 0 amide bonds. The number of esters is 1. The topological polar surface area (TPSA) is 119 Å². The van der Waals surface area contributed by atoms with Crippen molar-refractivity contribution in [2.24, 2.45) is 0 Å². The first kappa shape index (κ1) is 17.7. The van der Waals surface area contributed by atoms with Crippen molar-refractivity contribution in [3.63, 3.8) is 0 Å². The SMILES string of the molecule is COC(=O)c1cn(-c2cccc(-c3n[nH]c(C(C)C)n3)c2)cc2c(=O)[nH]nc1-2. The van der Waals surface area contributed by atoms with Gasteiger partial charge in [-0.3, -0.25) is 9.89 Å². The fourth-order valence-corrected chi connectivity index (χ4v) is 2.91. The van der Waals surface area contributed by atoms with E-state index in [1.165, 1.54) is 7.11 Å². The molecule has 0 fully saturated rings. The van der Waals surface area contributed by atoms with Gasteiger partial charge < -0.3 is 9.30 Å². The lowest BCUT2D eigenvalue weighted by Crippen LogP contribution is -2.11.